The Kier molecular flexibility index (Phi) is 6.21. The van der Waals surface area contributed by atoms with Crippen LogP contribution in [0.2, 0.25) is 0 Å². The molecule has 126 valence electrons. The number of ether oxygens (including phenoxy) is 2. The van der Waals surface area contributed by atoms with Gasteiger partial charge in [0.2, 0.25) is 0 Å². The Morgan fingerprint density at radius 2 is 2.12 bits per heavy atom. The van der Waals surface area contributed by atoms with Crippen molar-refractivity contribution in [2.24, 2.45) is 5.92 Å². The number of hydrogen-bond donors (Lipinski definition) is 0. The zero-order valence-corrected chi connectivity index (χ0v) is 13.7. The third kappa shape index (κ3) is 4.73. The van der Waals surface area contributed by atoms with Crippen LogP contribution in [0.5, 0.6) is 0 Å². The zero-order chi connectivity index (χ0) is 17.5. The predicted octanol–water partition coefficient (Wildman–Crippen LogP) is 2.28. The van der Waals surface area contributed by atoms with Crippen molar-refractivity contribution in [2.45, 2.75) is 19.4 Å². The summed E-state index contributed by atoms with van der Waals surface area (Å²) in [7, 11) is 1.25. The number of carbonyl (C=O) groups is 3. The second-order valence-corrected chi connectivity index (χ2v) is 5.58. The van der Waals surface area contributed by atoms with Crippen LogP contribution in [0.15, 0.2) is 42.5 Å². The Hall–Kier alpha value is -2.53. The maximum atomic E-state index is 12.5. The van der Waals surface area contributed by atoms with Gasteiger partial charge in [0.25, 0.3) is 0 Å². The lowest BCUT2D eigenvalue weighted by atomic mass is 9.86. The van der Waals surface area contributed by atoms with Crippen LogP contribution in [0.25, 0.3) is 6.08 Å². The number of benzene rings is 1. The number of Topliss-reactive ketones (excluding diaryl/α,β-unsaturated/α-hetero) is 1. The van der Waals surface area contributed by atoms with Crippen LogP contribution in [0.4, 0.5) is 0 Å². The van der Waals surface area contributed by atoms with Crippen molar-refractivity contribution in [3.05, 3.63) is 53.6 Å². The molecule has 0 aromatic heterocycles. The Balaban J connectivity index is 2.10. The summed E-state index contributed by atoms with van der Waals surface area (Å²) in [6.07, 6.45) is 5.81. The summed E-state index contributed by atoms with van der Waals surface area (Å²) < 4.78 is 9.88. The lowest BCUT2D eigenvalue weighted by Crippen LogP contribution is -2.38. The topological polar surface area (TPSA) is 69.7 Å². The van der Waals surface area contributed by atoms with Gasteiger partial charge >= 0.3 is 5.97 Å². The van der Waals surface area contributed by atoms with Gasteiger partial charge in [-0.25, -0.2) is 4.79 Å². The zero-order valence-electron chi connectivity index (χ0n) is 13.7. The van der Waals surface area contributed by atoms with Gasteiger partial charge < -0.3 is 9.47 Å². The van der Waals surface area contributed by atoms with E-state index >= 15 is 0 Å². The molecule has 2 atom stereocenters. The Labute approximate surface area is 141 Å². The van der Waals surface area contributed by atoms with Crippen molar-refractivity contribution in [3.8, 4) is 0 Å². The van der Waals surface area contributed by atoms with Crippen LogP contribution in [-0.4, -0.2) is 37.4 Å². The highest BCUT2D eigenvalue weighted by molar-refractivity contribution is 6.10. The molecule has 0 amide bonds. The molecule has 0 bridgehead atoms. The first-order valence-corrected chi connectivity index (χ1v) is 7.67. The largest absolute Gasteiger partial charge is 0.467 e. The third-order valence-corrected chi connectivity index (χ3v) is 3.73. The maximum absolute atomic E-state index is 12.5. The van der Waals surface area contributed by atoms with Gasteiger partial charge in [-0.3, -0.25) is 9.59 Å². The first kappa shape index (κ1) is 17.8. The molecule has 1 aromatic rings. The first-order valence-electron chi connectivity index (χ1n) is 7.67. The molecule has 0 spiro atoms. The summed E-state index contributed by atoms with van der Waals surface area (Å²) in [5.41, 5.74) is 1.97. The number of hydrogen-bond acceptors (Lipinski definition) is 5. The van der Waals surface area contributed by atoms with Gasteiger partial charge in [-0.05, 0) is 18.6 Å². The SMILES string of the molecule is COC(=O)COC1C=CCC(=O)C1C(=O)C=Cc1cccc(C)c1. The van der Waals surface area contributed by atoms with Crippen LogP contribution in [0.3, 0.4) is 0 Å². The molecule has 0 aliphatic heterocycles. The van der Waals surface area contributed by atoms with Gasteiger partial charge in [-0.2, -0.15) is 0 Å². The van der Waals surface area contributed by atoms with Crippen LogP contribution >= 0.6 is 0 Å². The molecule has 1 aromatic carbocycles. The van der Waals surface area contributed by atoms with E-state index in [0.717, 1.165) is 11.1 Å². The van der Waals surface area contributed by atoms with Crippen molar-refractivity contribution in [1.82, 2.24) is 0 Å². The molecule has 0 N–H and O–H groups in total. The smallest absolute Gasteiger partial charge is 0.331 e. The number of methoxy groups -OCH3 is 1. The van der Waals surface area contributed by atoms with E-state index in [4.69, 9.17) is 4.74 Å². The minimum Gasteiger partial charge on any atom is -0.467 e. The van der Waals surface area contributed by atoms with Crippen molar-refractivity contribution in [3.63, 3.8) is 0 Å². The lowest BCUT2D eigenvalue weighted by Gasteiger charge is -2.24. The highest BCUT2D eigenvalue weighted by Gasteiger charge is 2.34. The van der Waals surface area contributed by atoms with Gasteiger partial charge in [0.1, 0.15) is 18.3 Å². The van der Waals surface area contributed by atoms with E-state index < -0.39 is 18.0 Å². The second kappa shape index (κ2) is 8.36. The quantitative estimate of drug-likeness (QED) is 0.347. The minimum absolute atomic E-state index is 0.187. The number of rotatable bonds is 6. The van der Waals surface area contributed by atoms with Gasteiger partial charge in [0, 0.05) is 6.42 Å². The lowest BCUT2D eigenvalue weighted by molar-refractivity contribution is -0.151. The van der Waals surface area contributed by atoms with E-state index in [1.807, 2.05) is 31.2 Å². The average molecular weight is 328 g/mol. The molecule has 1 aliphatic rings. The molecule has 0 radical (unpaired) electrons. The highest BCUT2D eigenvalue weighted by atomic mass is 16.6. The van der Waals surface area contributed by atoms with Gasteiger partial charge in [0.15, 0.2) is 5.78 Å². The maximum Gasteiger partial charge on any atom is 0.331 e. The molecular formula is C19H20O5. The van der Waals surface area contributed by atoms with Crippen molar-refractivity contribution >= 4 is 23.6 Å². The van der Waals surface area contributed by atoms with Crippen molar-refractivity contribution in [1.29, 1.82) is 0 Å². The molecule has 5 heteroatoms. The molecule has 0 saturated carbocycles. The summed E-state index contributed by atoms with van der Waals surface area (Å²) >= 11 is 0. The molecule has 0 heterocycles. The predicted molar refractivity (Wildman–Crippen MR) is 89.2 cm³/mol. The van der Waals surface area contributed by atoms with Crippen LogP contribution in [-0.2, 0) is 23.9 Å². The minimum atomic E-state index is -0.930. The van der Waals surface area contributed by atoms with Crippen molar-refractivity contribution < 1.29 is 23.9 Å². The number of ketones is 2. The second-order valence-electron chi connectivity index (χ2n) is 5.58. The Bertz CT molecular complexity index is 687. The Morgan fingerprint density at radius 3 is 2.83 bits per heavy atom. The molecular weight excluding hydrogens is 308 g/mol. The summed E-state index contributed by atoms with van der Waals surface area (Å²) in [4.78, 5) is 35.8. The molecule has 1 aliphatic carbocycles. The molecule has 2 rings (SSSR count). The fourth-order valence-corrected chi connectivity index (χ4v) is 2.49. The van der Waals surface area contributed by atoms with Gasteiger partial charge in [-0.1, -0.05) is 48.1 Å². The first-order chi connectivity index (χ1) is 11.5. The summed E-state index contributed by atoms with van der Waals surface area (Å²) in [6.45, 7) is 1.66. The standard InChI is InChI=1S/C19H20O5/c1-13-5-3-6-14(11-13)9-10-16(21)19-15(20)7-4-8-17(19)24-12-18(22)23-2/h3-6,8-11,17,19H,7,12H2,1-2H3. The van der Waals surface area contributed by atoms with Crippen LogP contribution < -0.4 is 0 Å². The van der Waals surface area contributed by atoms with E-state index in [0.29, 0.717) is 0 Å². The van der Waals surface area contributed by atoms with E-state index in [-0.39, 0.29) is 24.6 Å². The highest BCUT2D eigenvalue weighted by Crippen LogP contribution is 2.21. The molecule has 2 unspecified atom stereocenters. The normalized spacial score (nSPS) is 20.3. The Morgan fingerprint density at radius 1 is 1.33 bits per heavy atom. The van der Waals surface area contributed by atoms with Gasteiger partial charge in [0.05, 0.1) is 13.2 Å². The van der Waals surface area contributed by atoms with Crippen LogP contribution in [0, 0.1) is 12.8 Å². The molecule has 5 nitrogen and oxygen atoms in total. The summed E-state index contributed by atoms with van der Waals surface area (Å²) in [5, 5.41) is 0. The molecule has 24 heavy (non-hydrogen) atoms. The van der Waals surface area contributed by atoms with E-state index in [2.05, 4.69) is 4.74 Å². The van der Waals surface area contributed by atoms with E-state index in [1.165, 1.54) is 13.2 Å². The van der Waals surface area contributed by atoms with Crippen LogP contribution in [0.1, 0.15) is 17.5 Å². The fourth-order valence-electron chi connectivity index (χ4n) is 2.49. The number of esters is 1. The monoisotopic (exact) mass is 328 g/mol. The van der Waals surface area contributed by atoms with E-state index in [1.54, 1.807) is 18.2 Å². The molecule has 0 fully saturated rings. The van der Waals surface area contributed by atoms with Gasteiger partial charge in [-0.15, -0.1) is 0 Å². The third-order valence-electron chi connectivity index (χ3n) is 3.73. The number of aryl methyl sites for hydroxylation is 1. The summed E-state index contributed by atoms with van der Waals surface area (Å²) in [5.74, 6) is -2.03. The van der Waals surface area contributed by atoms with Crippen molar-refractivity contribution in [2.75, 3.05) is 13.7 Å². The summed E-state index contributed by atoms with van der Waals surface area (Å²) in [6, 6.07) is 7.68. The number of allylic oxidation sites excluding steroid dienone is 2. The number of carbonyl (C=O) groups excluding carboxylic acids is 3. The van der Waals surface area contributed by atoms with E-state index in [9.17, 15) is 14.4 Å². The fraction of sp³-hybridized carbons (Fsp3) is 0.316. The average Bonchev–Trinajstić information content (AvgIpc) is 2.57. The molecule has 0 saturated heterocycles.